The molecule has 0 saturated carbocycles. The van der Waals surface area contributed by atoms with Gasteiger partial charge in [0.1, 0.15) is 30.2 Å². The number of esters is 1. The van der Waals surface area contributed by atoms with Gasteiger partial charge in [-0.2, -0.15) is 13.2 Å². The molecule has 0 unspecified atom stereocenters. The molecule has 0 heterocycles. The average Bonchev–Trinajstić information content (AvgIpc) is 2.85. The molecule has 9 nitrogen and oxygen atoms in total. The number of hydrogen-bond acceptors (Lipinski definition) is 7. The summed E-state index contributed by atoms with van der Waals surface area (Å²) >= 11 is 0. The Kier molecular flexibility index (Phi) is 10.6. The molecule has 0 spiro atoms. The van der Waals surface area contributed by atoms with Crippen LogP contribution < -0.4 is 15.0 Å². The minimum Gasteiger partial charge on any atom is -0.487 e. The molecular weight excluding hydrogens is 540 g/mol. The zero-order valence-electron chi connectivity index (χ0n) is 22.6. The number of aldehydes is 1. The van der Waals surface area contributed by atoms with Crippen LogP contribution in [0, 0.1) is 5.82 Å². The second-order valence-corrected chi connectivity index (χ2v) is 9.71. The van der Waals surface area contributed by atoms with Gasteiger partial charge in [0, 0.05) is 17.2 Å². The second kappa shape index (κ2) is 13.3. The predicted octanol–water partition coefficient (Wildman–Crippen LogP) is 4.74. The van der Waals surface area contributed by atoms with E-state index in [9.17, 15) is 32.3 Å². The lowest BCUT2D eigenvalue weighted by Crippen LogP contribution is -2.45. The Bertz CT molecular complexity index is 1230. The van der Waals surface area contributed by atoms with E-state index in [0.29, 0.717) is 5.56 Å². The van der Waals surface area contributed by atoms with E-state index in [1.807, 2.05) is 0 Å². The standard InChI is InChI=1S/C27H30F4N2O7/c1-16(32-25(37)40-26(2,3)4)11-19-18(14-34)12-20(39-15-17-9-7-6-8-10-17)23(22(19)28)33(13-21(35)38-5)24(36)27(29,30)31/h6-10,12,14,16H,11,13,15H2,1-5H3,(H,32,37)/t16-/m0/s1. The number of carbonyl (C=O) groups is 4. The van der Waals surface area contributed by atoms with Crippen LogP contribution in [0.15, 0.2) is 36.4 Å². The van der Waals surface area contributed by atoms with Gasteiger partial charge >= 0.3 is 24.1 Å². The van der Waals surface area contributed by atoms with Crippen LogP contribution in [-0.4, -0.2) is 55.7 Å². The summed E-state index contributed by atoms with van der Waals surface area (Å²) in [7, 11) is 0.882. The zero-order chi connectivity index (χ0) is 30.3. The number of halogens is 4. The monoisotopic (exact) mass is 570 g/mol. The largest absolute Gasteiger partial charge is 0.487 e. The third-order valence-corrected chi connectivity index (χ3v) is 5.25. The van der Waals surface area contributed by atoms with E-state index in [1.165, 1.54) is 6.92 Å². The van der Waals surface area contributed by atoms with E-state index in [1.54, 1.807) is 51.1 Å². The van der Waals surface area contributed by atoms with Gasteiger partial charge in [0.25, 0.3) is 0 Å². The van der Waals surface area contributed by atoms with Crippen LogP contribution in [-0.2, 0) is 32.1 Å². The lowest BCUT2D eigenvalue weighted by molar-refractivity contribution is -0.171. The number of methoxy groups -OCH3 is 1. The van der Waals surface area contributed by atoms with Gasteiger partial charge in [0.15, 0.2) is 12.1 Å². The van der Waals surface area contributed by atoms with Gasteiger partial charge in [-0.05, 0) is 45.7 Å². The molecule has 0 aliphatic rings. The topological polar surface area (TPSA) is 111 Å². The van der Waals surface area contributed by atoms with Crippen molar-refractivity contribution in [3.63, 3.8) is 0 Å². The Morgan fingerprint density at radius 3 is 2.25 bits per heavy atom. The van der Waals surface area contributed by atoms with E-state index < -0.39 is 71.6 Å². The van der Waals surface area contributed by atoms with Gasteiger partial charge in [0.2, 0.25) is 0 Å². The van der Waals surface area contributed by atoms with Crippen LogP contribution in [0.4, 0.5) is 28.0 Å². The molecular formula is C27H30F4N2O7. The molecule has 2 aromatic carbocycles. The van der Waals surface area contributed by atoms with Crippen molar-refractivity contribution in [3.8, 4) is 5.75 Å². The molecule has 0 aromatic heterocycles. The van der Waals surface area contributed by atoms with Gasteiger partial charge in [-0.1, -0.05) is 30.3 Å². The van der Waals surface area contributed by atoms with Crippen molar-refractivity contribution in [2.75, 3.05) is 18.6 Å². The Balaban J connectivity index is 2.65. The molecule has 0 saturated heterocycles. The molecule has 0 bridgehead atoms. The highest BCUT2D eigenvalue weighted by molar-refractivity contribution is 6.02. The maximum absolute atomic E-state index is 16.1. The first-order valence-corrected chi connectivity index (χ1v) is 12.0. The molecule has 13 heteroatoms. The molecule has 1 atom stereocenters. The van der Waals surface area contributed by atoms with Crippen molar-refractivity contribution in [2.24, 2.45) is 0 Å². The number of alkyl halides is 3. The van der Waals surface area contributed by atoms with Crippen molar-refractivity contribution < 1.29 is 51.0 Å². The van der Waals surface area contributed by atoms with Gasteiger partial charge in [0.05, 0.1) is 7.11 Å². The van der Waals surface area contributed by atoms with Crippen molar-refractivity contribution >= 4 is 29.9 Å². The number of rotatable bonds is 10. The van der Waals surface area contributed by atoms with Crippen molar-refractivity contribution in [1.29, 1.82) is 0 Å². The van der Waals surface area contributed by atoms with Crippen LogP contribution in [0.1, 0.15) is 49.2 Å². The number of nitrogens with one attached hydrogen (secondary N) is 1. The smallest absolute Gasteiger partial charge is 0.471 e. The van der Waals surface area contributed by atoms with E-state index in [-0.39, 0.29) is 23.4 Å². The number of anilines is 1. The van der Waals surface area contributed by atoms with Gasteiger partial charge in [-0.25, -0.2) is 9.18 Å². The molecule has 40 heavy (non-hydrogen) atoms. The number of benzene rings is 2. The van der Waals surface area contributed by atoms with Crippen molar-refractivity contribution in [2.45, 2.75) is 58.5 Å². The number of alkyl carbamates (subject to hydrolysis) is 1. The highest BCUT2D eigenvalue weighted by atomic mass is 19.4. The normalized spacial score (nSPS) is 12.2. The molecule has 0 aliphatic heterocycles. The van der Waals surface area contributed by atoms with Crippen LogP contribution in [0.25, 0.3) is 0 Å². The fourth-order valence-corrected chi connectivity index (χ4v) is 3.55. The SMILES string of the molecule is COC(=O)CN(C(=O)C(F)(F)F)c1c(OCc2ccccc2)cc(C=O)c(C[C@H](C)NC(=O)OC(C)(C)C)c1F. The predicted molar refractivity (Wildman–Crippen MR) is 136 cm³/mol. The van der Waals surface area contributed by atoms with E-state index in [0.717, 1.165) is 13.2 Å². The summed E-state index contributed by atoms with van der Waals surface area (Å²) in [6, 6.07) is 8.38. The first-order valence-electron chi connectivity index (χ1n) is 12.0. The van der Waals surface area contributed by atoms with E-state index >= 15 is 4.39 Å². The number of carbonyl (C=O) groups excluding carboxylic acids is 4. The van der Waals surface area contributed by atoms with Crippen molar-refractivity contribution in [1.82, 2.24) is 5.32 Å². The van der Waals surface area contributed by atoms with E-state index in [2.05, 4.69) is 10.1 Å². The lowest BCUT2D eigenvalue weighted by atomic mass is 9.98. The number of nitrogens with zero attached hydrogens (tertiary/aromatic N) is 1. The third-order valence-electron chi connectivity index (χ3n) is 5.25. The molecule has 218 valence electrons. The van der Waals surface area contributed by atoms with Crippen LogP contribution in [0.5, 0.6) is 5.75 Å². The minimum atomic E-state index is -5.51. The Hall–Kier alpha value is -4.16. The average molecular weight is 571 g/mol. The first kappa shape index (κ1) is 32.1. The summed E-state index contributed by atoms with van der Waals surface area (Å²) in [5.74, 6) is -5.86. The molecule has 0 radical (unpaired) electrons. The highest BCUT2D eigenvalue weighted by Crippen LogP contribution is 2.38. The van der Waals surface area contributed by atoms with Gasteiger partial charge in [-0.3, -0.25) is 19.3 Å². The van der Waals surface area contributed by atoms with Crippen LogP contribution in [0.2, 0.25) is 0 Å². The fourth-order valence-electron chi connectivity index (χ4n) is 3.55. The highest BCUT2D eigenvalue weighted by Gasteiger charge is 2.46. The van der Waals surface area contributed by atoms with Crippen LogP contribution >= 0.6 is 0 Å². The molecule has 0 fully saturated rings. The number of ether oxygens (including phenoxy) is 3. The number of amides is 2. The molecule has 2 amide bonds. The quantitative estimate of drug-likeness (QED) is 0.250. The summed E-state index contributed by atoms with van der Waals surface area (Å²) < 4.78 is 72.0. The lowest BCUT2D eigenvalue weighted by Gasteiger charge is -2.27. The van der Waals surface area contributed by atoms with Gasteiger partial charge in [-0.15, -0.1) is 0 Å². The van der Waals surface area contributed by atoms with Gasteiger partial charge < -0.3 is 19.5 Å². The molecule has 0 aliphatic carbocycles. The van der Waals surface area contributed by atoms with Crippen LogP contribution in [0.3, 0.4) is 0 Å². The zero-order valence-corrected chi connectivity index (χ0v) is 22.6. The molecule has 2 aromatic rings. The number of hydrogen-bond donors (Lipinski definition) is 1. The first-order chi connectivity index (χ1) is 18.6. The maximum Gasteiger partial charge on any atom is 0.471 e. The van der Waals surface area contributed by atoms with Crippen molar-refractivity contribution in [3.05, 3.63) is 58.9 Å². The summed E-state index contributed by atoms with van der Waals surface area (Å²) in [5, 5.41) is 2.45. The molecule has 1 N–H and O–H groups in total. The minimum absolute atomic E-state index is 0.147. The third kappa shape index (κ3) is 8.95. The molecule has 2 rings (SSSR count). The van der Waals surface area contributed by atoms with E-state index in [4.69, 9.17) is 9.47 Å². The fraction of sp³-hybridized carbons (Fsp3) is 0.407. The second-order valence-electron chi connectivity index (χ2n) is 9.71. The summed E-state index contributed by atoms with van der Waals surface area (Å²) in [4.78, 5) is 48.3. The Labute approximate surface area is 228 Å². The Morgan fingerprint density at radius 1 is 1.10 bits per heavy atom. The Morgan fingerprint density at radius 2 is 1.73 bits per heavy atom. The maximum atomic E-state index is 16.1. The summed E-state index contributed by atoms with van der Waals surface area (Å²) in [5.41, 5.74) is -2.05. The summed E-state index contributed by atoms with van der Waals surface area (Å²) in [6.07, 6.45) is -6.49. The summed E-state index contributed by atoms with van der Waals surface area (Å²) in [6.45, 7) is 4.73.